The summed E-state index contributed by atoms with van der Waals surface area (Å²) in [5.74, 6) is -1.62. The van der Waals surface area contributed by atoms with Crippen LogP contribution in [-0.4, -0.2) is 11.1 Å². The summed E-state index contributed by atoms with van der Waals surface area (Å²) in [6, 6.07) is 34.9. The van der Waals surface area contributed by atoms with Crippen LogP contribution in [0.5, 0.6) is 5.75 Å². The second kappa shape index (κ2) is 13.4. The molecule has 180 valence electrons. The minimum Gasteiger partial charge on any atom is -0.872 e. The summed E-state index contributed by atoms with van der Waals surface area (Å²) >= 11 is 0. The Morgan fingerprint density at radius 2 is 1.09 bits per heavy atom. The Kier molecular flexibility index (Phi) is 10.00. The molecule has 0 unspecified atom stereocenters. The van der Waals surface area contributed by atoms with Gasteiger partial charge in [-0.1, -0.05) is 93.1 Å². The minimum absolute atomic E-state index is 0.0390. The van der Waals surface area contributed by atoms with E-state index >= 15 is 0 Å². The van der Waals surface area contributed by atoms with E-state index in [-0.39, 0.29) is 16.5 Å². The van der Waals surface area contributed by atoms with Crippen LogP contribution in [0.2, 0.25) is 0 Å². The van der Waals surface area contributed by atoms with Crippen molar-refractivity contribution >= 4 is 16.9 Å². The van der Waals surface area contributed by atoms with Crippen LogP contribution in [-0.2, 0) is 23.7 Å². The zero-order valence-corrected chi connectivity index (χ0v) is 21.1. The van der Waals surface area contributed by atoms with Gasteiger partial charge in [0.05, 0.1) is 16.5 Å². The Morgan fingerprint density at radius 1 is 0.657 bits per heavy atom. The molecule has 0 saturated carbocycles. The molecule has 0 bridgehead atoms. The number of benzene rings is 4. The van der Waals surface area contributed by atoms with Crippen LogP contribution < -0.4 is 5.11 Å². The highest BCUT2D eigenvalue weighted by atomic mass is 32.2. The Balaban J connectivity index is 0.000000287. The molecule has 0 radical (unpaired) electrons. The van der Waals surface area contributed by atoms with E-state index in [9.17, 15) is 9.90 Å². The van der Waals surface area contributed by atoms with Crippen molar-refractivity contribution in [2.45, 2.75) is 54.2 Å². The Bertz CT molecular complexity index is 1140. The lowest BCUT2D eigenvalue weighted by Crippen LogP contribution is -2.05. The number of carboxylic acids is 1. The van der Waals surface area contributed by atoms with Crippen molar-refractivity contribution in [2.24, 2.45) is 0 Å². The van der Waals surface area contributed by atoms with Crippen molar-refractivity contribution in [3.63, 3.8) is 0 Å². The molecule has 4 heteroatoms. The molecule has 3 nitrogen and oxygen atoms in total. The normalized spacial score (nSPS) is 10.5. The van der Waals surface area contributed by atoms with E-state index < -0.39 is 11.7 Å². The van der Waals surface area contributed by atoms with E-state index in [1.54, 1.807) is 0 Å². The average Bonchev–Trinajstić information content (AvgIpc) is 2.88. The highest BCUT2D eigenvalue weighted by Crippen LogP contribution is 2.31. The van der Waals surface area contributed by atoms with Gasteiger partial charge in [0, 0.05) is 0 Å². The molecule has 35 heavy (non-hydrogen) atoms. The van der Waals surface area contributed by atoms with Crippen LogP contribution in [0.15, 0.2) is 118 Å². The lowest BCUT2D eigenvalue weighted by molar-refractivity contribution is -0.268. The quantitative estimate of drug-likeness (QED) is 0.270. The fourth-order valence-electron chi connectivity index (χ4n) is 3.77. The number of hydrogen-bond donors (Lipinski definition) is 1. The zero-order valence-electron chi connectivity index (χ0n) is 20.3. The molecule has 0 aromatic heterocycles. The Labute approximate surface area is 211 Å². The SMILES string of the molecule is CCCc1ccc([S+](c2ccccc2)c2ccc(CCC)cc2)cc1.O=C(O)c1ccccc1[O-]. The molecule has 0 fully saturated rings. The third kappa shape index (κ3) is 7.49. The molecular weight excluding hydrogens is 452 g/mol. The molecule has 0 aliphatic rings. The van der Waals surface area contributed by atoms with Gasteiger partial charge in [0.1, 0.15) is 0 Å². The first-order valence-electron chi connectivity index (χ1n) is 12.0. The summed E-state index contributed by atoms with van der Waals surface area (Å²) < 4.78 is 0. The van der Waals surface area contributed by atoms with Crippen LogP contribution >= 0.6 is 0 Å². The molecule has 0 heterocycles. The second-order valence-electron chi connectivity index (χ2n) is 8.21. The van der Waals surface area contributed by atoms with E-state index in [4.69, 9.17) is 5.11 Å². The van der Waals surface area contributed by atoms with Crippen LogP contribution in [0.3, 0.4) is 0 Å². The third-order valence-electron chi connectivity index (χ3n) is 5.49. The predicted molar refractivity (Wildman–Crippen MR) is 142 cm³/mol. The van der Waals surface area contributed by atoms with E-state index in [1.807, 2.05) is 0 Å². The number of para-hydroxylation sites is 1. The van der Waals surface area contributed by atoms with Gasteiger partial charge in [-0.3, -0.25) is 0 Å². The number of aromatic carboxylic acids is 1. The summed E-state index contributed by atoms with van der Waals surface area (Å²) in [5, 5.41) is 19.0. The van der Waals surface area contributed by atoms with Gasteiger partial charge in [-0.05, 0) is 66.4 Å². The van der Waals surface area contributed by atoms with Crippen molar-refractivity contribution in [3.8, 4) is 5.75 Å². The van der Waals surface area contributed by atoms with Crippen LogP contribution in [0.1, 0.15) is 48.2 Å². The summed E-state index contributed by atoms with van der Waals surface area (Å²) in [7, 11) is -0.0390. The summed E-state index contributed by atoms with van der Waals surface area (Å²) in [5.41, 5.74) is 2.69. The topological polar surface area (TPSA) is 60.4 Å². The van der Waals surface area contributed by atoms with Gasteiger partial charge < -0.3 is 10.2 Å². The van der Waals surface area contributed by atoms with Gasteiger partial charge in [0.2, 0.25) is 0 Å². The largest absolute Gasteiger partial charge is 0.872 e. The first kappa shape index (κ1) is 26.1. The zero-order chi connectivity index (χ0) is 25.0. The smallest absolute Gasteiger partial charge is 0.335 e. The number of rotatable bonds is 8. The van der Waals surface area contributed by atoms with Crippen molar-refractivity contribution in [1.29, 1.82) is 0 Å². The molecule has 4 aromatic carbocycles. The molecule has 0 spiro atoms. The van der Waals surface area contributed by atoms with E-state index in [2.05, 4.69) is 92.7 Å². The summed E-state index contributed by atoms with van der Waals surface area (Å²) in [6.07, 6.45) is 4.71. The van der Waals surface area contributed by atoms with Gasteiger partial charge in [0.15, 0.2) is 14.7 Å². The van der Waals surface area contributed by atoms with E-state index in [1.165, 1.54) is 62.9 Å². The minimum atomic E-state index is -1.18. The lowest BCUT2D eigenvalue weighted by atomic mass is 10.1. The first-order valence-corrected chi connectivity index (χ1v) is 13.2. The molecule has 0 atom stereocenters. The second-order valence-corrected chi connectivity index (χ2v) is 10.2. The molecular formula is C31H32O3S. The van der Waals surface area contributed by atoms with E-state index in [0.29, 0.717) is 0 Å². The predicted octanol–water partition coefficient (Wildman–Crippen LogP) is 7.15. The van der Waals surface area contributed by atoms with Crippen LogP contribution in [0, 0.1) is 0 Å². The number of hydrogen-bond acceptors (Lipinski definition) is 2. The standard InChI is InChI=1S/C24H27S.C7H6O3/c1-3-8-20-12-16-23(17-13-20)25(22-10-6-5-7-11-22)24-18-14-21(9-4-2)15-19-24;8-6-4-2-1-3-5(6)7(9)10/h5-7,10-19H,3-4,8-9H2,1-2H3;1-4,8H,(H,9,10)/q+1;/p-1. The molecule has 0 aliphatic heterocycles. The first-order chi connectivity index (χ1) is 17.0. The van der Waals surface area contributed by atoms with Crippen molar-refractivity contribution in [3.05, 3.63) is 120 Å². The number of carbonyl (C=O) groups is 1. The van der Waals surface area contributed by atoms with Crippen LogP contribution in [0.4, 0.5) is 0 Å². The fourth-order valence-corrected chi connectivity index (χ4v) is 5.83. The maximum Gasteiger partial charge on any atom is 0.335 e. The van der Waals surface area contributed by atoms with Crippen molar-refractivity contribution < 1.29 is 15.0 Å². The Hall–Kier alpha value is -3.50. The molecule has 0 amide bonds. The molecule has 4 rings (SSSR count). The van der Waals surface area contributed by atoms with Gasteiger partial charge in [-0.25, -0.2) is 4.79 Å². The fraction of sp³-hybridized carbons (Fsp3) is 0.194. The van der Waals surface area contributed by atoms with Gasteiger partial charge in [-0.2, -0.15) is 0 Å². The van der Waals surface area contributed by atoms with Gasteiger partial charge in [0.25, 0.3) is 0 Å². The highest BCUT2D eigenvalue weighted by Gasteiger charge is 2.28. The summed E-state index contributed by atoms with van der Waals surface area (Å²) in [6.45, 7) is 4.47. The van der Waals surface area contributed by atoms with Gasteiger partial charge >= 0.3 is 5.97 Å². The average molecular weight is 485 g/mol. The van der Waals surface area contributed by atoms with Crippen molar-refractivity contribution in [2.75, 3.05) is 0 Å². The summed E-state index contributed by atoms with van der Waals surface area (Å²) in [4.78, 5) is 14.4. The molecule has 0 saturated heterocycles. The Morgan fingerprint density at radius 3 is 1.49 bits per heavy atom. The molecule has 4 aromatic rings. The van der Waals surface area contributed by atoms with Gasteiger partial charge in [-0.15, -0.1) is 0 Å². The lowest BCUT2D eigenvalue weighted by Gasteiger charge is -2.09. The monoisotopic (exact) mass is 484 g/mol. The highest BCUT2D eigenvalue weighted by molar-refractivity contribution is 7.97. The number of carboxylic acid groups (broad SMARTS) is 1. The third-order valence-corrected chi connectivity index (χ3v) is 7.72. The van der Waals surface area contributed by atoms with Crippen LogP contribution in [0.25, 0.3) is 0 Å². The van der Waals surface area contributed by atoms with Crippen molar-refractivity contribution in [1.82, 2.24) is 0 Å². The maximum absolute atomic E-state index is 10.7. The molecule has 0 aliphatic carbocycles. The molecule has 1 N–H and O–H groups in total. The number of aryl methyl sites for hydroxylation is 2. The maximum atomic E-state index is 10.7. The van der Waals surface area contributed by atoms with E-state index in [0.717, 1.165) is 12.8 Å².